The van der Waals surface area contributed by atoms with E-state index in [2.05, 4.69) is 20.8 Å². The summed E-state index contributed by atoms with van der Waals surface area (Å²) in [6, 6.07) is 24.7. The molecule has 0 saturated carbocycles. The van der Waals surface area contributed by atoms with Gasteiger partial charge in [0.1, 0.15) is 6.33 Å². The second-order valence-corrected chi connectivity index (χ2v) is 7.00. The van der Waals surface area contributed by atoms with Crippen LogP contribution in [-0.2, 0) is 11.2 Å². The van der Waals surface area contributed by atoms with Gasteiger partial charge in [0.05, 0.1) is 18.2 Å². The minimum Gasteiger partial charge on any atom is -0.345 e. The second-order valence-electron chi connectivity index (χ2n) is 6.56. The van der Waals surface area contributed by atoms with E-state index in [1.165, 1.54) is 6.33 Å². The normalized spacial score (nSPS) is 11.8. The molecular weight excluding hydrogens is 386 g/mol. The van der Waals surface area contributed by atoms with Crippen molar-refractivity contribution in [1.82, 2.24) is 25.5 Å². The van der Waals surface area contributed by atoms with Gasteiger partial charge in [-0.25, -0.2) is 4.68 Å². The Morgan fingerprint density at radius 1 is 0.966 bits per heavy atom. The molecule has 0 aliphatic rings. The number of aromatic nitrogens is 4. The van der Waals surface area contributed by atoms with Gasteiger partial charge in [0.15, 0.2) is 0 Å². The Kier molecular flexibility index (Phi) is 5.63. The SMILES string of the molecule is O=C(Cc1ccc(-n2cnnn2)cc1)NC(c1ccccc1)c1cccc(Cl)c1. The molecule has 1 N–H and O–H groups in total. The van der Waals surface area contributed by atoms with Crippen LogP contribution in [0.15, 0.2) is 85.2 Å². The second kappa shape index (κ2) is 8.67. The summed E-state index contributed by atoms with van der Waals surface area (Å²) in [7, 11) is 0. The third-order valence-corrected chi connectivity index (χ3v) is 4.77. The van der Waals surface area contributed by atoms with Gasteiger partial charge in [0, 0.05) is 5.02 Å². The predicted octanol–water partition coefficient (Wildman–Crippen LogP) is 3.76. The van der Waals surface area contributed by atoms with E-state index in [1.54, 1.807) is 4.68 Å². The molecule has 144 valence electrons. The lowest BCUT2D eigenvalue weighted by Gasteiger charge is -2.20. The van der Waals surface area contributed by atoms with Crippen molar-refractivity contribution in [1.29, 1.82) is 0 Å². The monoisotopic (exact) mass is 403 g/mol. The molecule has 29 heavy (non-hydrogen) atoms. The van der Waals surface area contributed by atoms with Gasteiger partial charge in [-0.15, -0.1) is 5.10 Å². The van der Waals surface area contributed by atoms with Crippen LogP contribution in [-0.4, -0.2) is 26.1 Å². The number of hydrogen-bond acceptors (Lipinski definition) is 4. The van der Waals surface area contributed by atoms with E-state index in [1.807, 2.05) is 78.9 Å². The van der Waals surface area contributed by atoms with E-state index < -0.39 is 0 Å². The Morgan fingerprint density at radius 2 is 1.72 bits per heavy atom. The molecule has 4 rings (SSSR count). The highest BCUT2D eigenvalue weighted by Crippen LogP contribution is 2.24. The summed E-state index contributed by atoms with van der Waals surface area (Å²) in [5.74, 6) is -0.0750. The number of nitrogens with one attached hydrogen (secondary N) is 1. The minimum atomic E-state index is -0.275. The Balaban J connectivity index is 1.51. The average Bonchev–Trinajstić information content (AvgIpc) is 3.28. The van der Waals surface area contributed by atoms with Gasteiger partial charge >= 0.3 is 0 Å². The fourth-order valence-electron chi connectivity index (χ4n) is 3.13. The van der Waals surface area contributed by atoms with Crippen molar-refractivity contribution in [3.05, 3.63) is 107 Å². The van der Waals surface area contributed by atoms with Crippen molar-refractivity contribution in [3.63, 3.8) is 0 Å². The maximum Gasteiger partial charge on any atom is 0.225 e. The van der Waals surface area contributed by atoms with Gasteiger partial charge in [0.25, 0.3) is 0 Å². The molecule has 1 atom stereocenters. The van der Waals surface area contributed by atoms with E-state index in [4.69, 9.17) is 11.6 Å². The third-order valence-electron chi connectivity index (χ3n) is 4.53. The van der Waals surface area contributed by atoms with Gasteiger partial charge in [-0.2, -0.15) is 0 Å². The predicted molar refractivity (Wildman–Crippen MR) is 111 cm³/mol. The Labute approximate surface area is 173 Å². The lowest BCUT2D eigenvalue weighted by molar-refractivity contribution is -0.120. The summed E-state index contributed by atoms with van der Waals surface area (Å²) < 4.78 is 1.56. The van der Waals surface area contributed by atoms with Crippen molar-refractivity contribution in [2.75, 3.05) is 0 Å². The maximum atomic E-state index is 12.8. The Bertz CT molecular complexity index is 1080. The number of tetrazole rings is 1. The van der Waals surface area contributed by atoms with E-state index in [9.17, 15) is 4.79 Å². The molecule has 7 heteroatoms. The molecule has 1 aromatic heterocycles. The maximum absolute atomic E-state index is 12.8. The fourth-order valence-corrected chi connectivity index (χ4v) is 3.33. The smallest absolute Gasteiger partial charge is 0.225 e. The number of halogens is 1. The van der Waals surface area contributed by atoms with Crippen LogP contribution in [0.5, 0.6) is 0 Å². The third kappa shape index (κ3) is 4.67. The molecular formula is C22H18ClN5O. The lowest BCUT2D eigenvalue weighted by Crippen LogP contribution is -2.30. The molecule has 0 radical (unpaired) electrons. The first-order chi connectivity index (χ1) is 14.2. The number of hydrogen-bond donors (Lipinski definition) is 1. The van der Waals surface area contributed by atoms with Gasteiger partial charge in [0.2, 0.25) is 5.91 Å². The van der Waals surface area contributed by atoms with Crippen LogP contribution in [0.25, 0.3) is 5.69 Å². The van der Waals surface area contributed by atoms with Crippen LogP contribution >= 0.6 is 11.6 Å². The van der Waals surface area contributed by atoms with E-state index in [0.717, 1.165) is 22.4 Å². The zero-order chi connectivity index (χ0) is 20.1. The summed E-state index contributed by atoms with van der Waals surface area (Å²) in [6.45, 7) is 0. The molecule has 0 aliphatic carbocycles. The standard InChI is InChI=1S/C22H18ClN5O/c23-19-8-4-7-18(14-19)22(17-5-2-1-3-6-17)25-21(29)13-16-9-11-20(12-10-16)28-15-24-26-27-28/h1-12,14-15,22H,13H2,(H,25,29). The molecule has 0 bridgehead atoms. The largest absolute Gasteiger partial charge is 0.345 e. The van der Waals surface area contributed by atoms with E-state index >= 15 is 0 Å². The summed E-state index contributed by atoms with van der Waals surface area (Å²) in [6.07, 6.45) is 1.79. The van der Waals surface area contributed by atoms with Crippen LogP contribution in [0.4, 0.5) is 0 Å². The van der Waals surface area contributed by atoms with Crippen molar-refractivity contribution >= 4 is 17.5 Å². The van der Waals surface area contributed by atoms with Crippen molar-refractivity contribution < 1.29 is 4.79 Å². The number of rotatable bonds is 6. The van der Waals surface area contributed by atoms with Gasteiger partial charge < -0.3 is 5.32 Å². The van der Waals surface area contributed by atoms with E-state index in [0.29, 0.717) is 5.02 Å². The molecule has 6 nitrogen and oxygen atoms in total. The first-order valence-electron chi connectivity index (χ1n) is 9.11. The van der Waals surface area contributed by atoms with Crippen molar-refractivity contribution in [2.45, 2.75) is 12.5 Å². The number of amides is 1. The first-order valence-corrected chi connectivity index (χ1v) is 9.49. The Morgan fingerprint density at radius 3 is 2.41 bits per heavy atom. The highest BCUT2D eigenvalue weighted by Gasteiger charge is 2.17. The molecule has 0 aliphatic heterocycles. The highest BCUT2D eigenvalue weighted by atomic mass is 35.5. The summed E-state index contributed by atoms with van der Waals surface area (Å²) in [5, 5.41) is 14.9. The van der Waals surface area contributed by atoms with Gasteiger partial charge in [-0.3, -0.25) is 4.79 Å². The molecule has 3 aromatic carbocycles. The molecule has 1 amide bonds. The summed E-state index contributed by atoms with van der Waals surface area (Å²) in [5.41, 5.74) is 3.67. The number of carbonyl (C=O) groups excluding carboxylic acids is 1. The molecule has 4 aromatic rings. The van der Waals surface area contributed by atoms with E-state index in [-0.39, 0.29) is 18.4 Å². The molecule has 0 saturated heterocycles. The van der Waals surface area contributed by atoms with Crippen LogP contribution in [0.1, 0.15) is 22.7 Å². The zero-order valence-corrected chi connectivity index (χ0v) is 16.2. The minimum absolute atomic E-state index is 0.0750. The summed E-state index contributed by atoms with van der Waals surface area (Å²) in [4.78, 5) is 12.8. The molecule has 1 heterocycles. The van der Waals surface area contributed by atoms with Gasteiger partial charge in [-0.05, 0) is 51.4 Å². The quantitative estimate of drug-likeness (QED) is 0.532. The topological polar surface area (TPSA) is 72.7 Å². The number of benzene rings is 3. The number of nitrogens with zero attached hydrogens (tertiary/aromatic N) is 4. The zero-order valence-electron chi connectivity index (χ0n) is 15.4. The number of carbonyl (C=O) groups is 1. The van der Waals surface area contributed by atoms with Crippen LogP contribution < -0.4 is 5.32 Å². The van der Waals surface area contributed by atoms with Crippen LogP contribution in [0.3, 0.4) is 0 Å². The van der Waals surface area contributed by atoms with Crippen molar-refractivity contribution in [3.8, 4) is 5.69 Å². The average molecular weight is 404 g/mol. The highest BCUT2D eigenvalue weighted by molar-refractivity contribution is 6.30. The molecule has 0 spiro atoms. The molecule has 0 fully saturated rings. The van der Waals surface area contributed by atoms with Gasteiger partial charge in [-0.1, -0.05) is 66.2 Å². The molecule has 1 unspecified atom stereocenters. The first kappa shape index (κ1) is 18.8. The van der Waals surface area contributed by atoms with Crippen LogP contribution in [0, 0.1) is 0 Å². The summed E-state index contributed by atoms with van der Waals surface area (Å²) >= 11 is 6.17. The van der Waals surface area contributed by atoms with Crippen molar-refractivity contribution in [2.24, 2.45) is 0 Å². The van der Waals surface area contributed by atoms with Crippen LogP contribution in [0.2, 0.25) is 5.02 Å². The fraction of sp³-hybridized carbons (Fsp3) is 0.0909. The Hall–Kier alpha value is -3.51. The lowest BCUT2D eigenvalue weighted by atomic mass is 9.98.